The molecular weight excluding hydrogens is 249 g/mol. The molecular formula is C12H15F3O3. The first-order chi connectivity index (χ1) is 8.31. The first kappa shape index (κ1) is 14.8. The lowest BCUT2D eigenvalue weighted by molar-refractivity contribution is -0.274. The molecule has 0 bridgehead atoms. The molecule has 6 heteroatoms. The number of rotatable bonds is 5. The van der Waals surface area contributed by atoms with Gasteiger partial charge in [0.25, 0.3) is 0 Å². The maximum atomic E-state index is 12.0. The van der Waals surface area contributed by atoms with E-state index in [1.807, 2.05) is 0 Å². The van der Waals surface area contributed by atoms with Crippen LogP contribution in [0.5, 0.6) is 5.75 Å². The molecule has 0 heterocycles. The molecule has 0 aliphatic carbocycles. The molecule has 0 N–H and O–H groups in total. The highest BCUT2D eigenvalue weighted by Gasteiger charge is 2.31. The number of benzene rings is 1. The minimum Gasteiger partial charge on any atom is -0.406 e. The Morgan fingerprint density at radius 2 is 1.61 bits per heavy atom. The lowest BCUT2D eigenvalue weighted by atomic mass is 10.1. The highest BCUT2D eigenvalue weighted by molar-refractivity contribution is 5.28. The molecule has 0 aromatic heterocycles. The monoisotopic (exact) mass is 264 g/mol. The summed E-state index contributed by atoms with van der Waals surface area (Å²) in [7, 11) is 1.51. The van der Waals surface area contributed by atoms with E-state index in [-0.39, 0.29) is 18.1 Å². The predicted molar refractivity (Wildman–Crippen MR) is 59.1 cm³/mol. The van der Waals surface area contributed by atoms with Crippen molar-refractivity contribution in [3.63, 3.8) is 0 Å². The van der Waals surface area contributed by atoms with Gasteiger partial charge < -0.3 is 14.2 Å². The highest BCUT2D eigenvalue weighted by atomic mass is 19.4. The van der Waals surface area contributed by atoms with E-state index in [9.17, 15) is 13.2 Å². The minimum atomic E-state index is -4.67. The summed E-state index contributed by atoms with van der Waals surface area (Å²) in [6.07, 6.45) is -5.33. The van der Waals surface area contributed by atoms with Crippen molar-refractivity contribution < 1.29 is 27.4 Å². The van der Waals surface area contributed by atoms with Crippen molar-refractivity contribution in [3.8, 4) is 5.75 Å². The molecule has 0 saturated carbocycles. The fourth-order valence-corrected chi connectivity index (χ4v) is 1.36. The van der Waals surface area contributed by atoms with Gasteiger partial charge in [-0.2, -0.15) is 0 Å². The first-order valence-corrected chi connectivity index (χ1v) is 5.36. The van der Waals surface area contributed by atoms with Crippen LogP contribution in [-0.2, 0) is 9.47 Å². The summed E-state index contributed by atoms with van der Waals surface area (Å²) < 4.78 is 50.0. The van der Waals surface area contributed by atoms with E-state index in [0.717, 1.165) is 5.56 Å². The number of hydrogen-bond donors (Lipinski definition) is 0. The second-order valence-electron chi connectivity index (χ2n) is 3.70. The van der Waals surface area contributed by atoms with Crippen LogP contribution in [0.25, 0.3) is 0 Å². The zero-order valence-corrected chi connectivity index (χ0v) is 10.3. The van der Waals surface area contributed by atoms with Crippen molar-refractivity contribution in [3.05, 3.63) is 29.8 Å². The van der Waals surface area contributed by atoms with Gasteiger partial charge in [-0.05, 0) is 31.5 Å². The third kappa shape index (κ3) is 4.93. The van der Waals surface area contributed by atoms with Gasteiger partial charge in [0.1, 0.15) is 5.75 Å². The maximum absolute atomic E-state index is 12.0. The number of methoxy groups -OCH3 is 1. The normalized spacial score (nSPS) is 15.2. The number of halogens is 3. The average molecular weight is 264 g/mol. The Hall–Kier alpha value is -1.27. The molecule has 102 valence electrons. The van der Waals surface area contributed by atoms with Gasteiger partial charge in [0.15, 0.2) is 6.29 Å². The molecule has 0 aliphatic heterocycles. The van der Waals surface area contributed by atoms with Crippen LogP contribution >= 0.6 is 0 Å². The molecule has 1 aromatic carbocycles. The van der Waals surface area contributed by atoms with E-state index in [4.69, 9.17) is 9.47 Å². The van der Waals surface area contributed by atoms with Crippen LogP contribution in [-0.4, -0.2) is 19.8 Å². The molecule has 0 saturated heterocycles. The van der Waals surface area contributed by atoms with E-state index in [1.54, 1.807) is 13.8 Å². The van der Waals surface area contributed by atoms with Crippen LogP contribution < -0.4 is 4.74 Å². The summed E-state index contributed by atoms with van der Waals surface area (Å²) in [5, 5.41) is 0. The van der Waals surface area contributed by atoms with Gasteiger partial charge in [-0.1, -0.05) is 12.1 Å². The SMILES string of the molecule is COC(C)OC(C)c1ccc(OC(F)(F)F)cc1. The van der Waals surface area contributed by atoms with Crippen molar-refractivity contribution in [1.82, 2.24) is 0 Å². The van der Waals surface area contributed by atoms with Crippen molar-refractivity contribution in [1.29, 1.82) is 0 Å². The maximum Gasteiger partial charge on any atom is 0.573 e. The zero-order chi connectivity index (χ0) is 13.8. The van der Waals surface area contributed by atoms with Crippen molar-refractivity contribution >= 4 is 0 Å². The van der Waals surface area contributed by atoms with Crippen LogP contribution in [0.3, 0.4) is 0 Å². The summed E-state index contributed by atoms with van der Waals surface area (Å²) in [5.74, 6) is -0.252. The van der Waals surface area contributed by atoms with Crippen LogP contribution in [0.1, 0.15) is 25.5 Å². The van der Waals surface area contributed by atoms with Crippen molar-refractivity contribution in [2.75, 3.05) is 7.11 Å². The van der Waals surface area contributed by atoms with Gasteiger partial charge in [0, 0.05) is 7.11 Å². The summed E-state index contributed by atoms with van der Waals surface area (Å²) in [6.45, 7) is 3.52. The Bertz CT molecular complexity index is 362. The van der Waals surface area contributed by atoms with Crippen molar-refractivity contribution in [2.45, 2.75) is 32.6 Å². The quantitative estimate of drug-likeness (QED) is 0.760. The second kappa shape index (κ2) is 6.06. The van der Waals surface area contributed by atoms with Crippen LogP contribution in [0, 0.1) is 0 Å². The molecule has 3 nitrogen and oxygen atoms in total. The fourth-order valence-electron chi connectivity index (χ4n) is 1.36. The van der Waals surface area contributed by atoms with Gasteiger partial charge in [-0.15, -0.1) is 13.2 Å². The number of hydrogen-bond acceptors (Lipinski definition) is 3. The predicted octanol–water partition coefficient (Wildman–Crippen LogP) is 3.66. The lowest BCUT2D eigenvalue weighted by Gasteiger charge is -2.18. The minimum absolute atomic E-state index is 0.252. The van der Waals surface area contributed by atoms with Gasteiger partial charge in [0.05, 0.1) is 6.10 Å². The van der Waals surface area contributed by atoms with Crippen LogP contribution in [0.2, 0.25) is 0 Å². The Morgan fingerprint density at radius 1 is 1.06 bits per heavy atom. The Morgan fingerprint density at radius 3 is 2.06 bits per heavy atom. The van der Waals surface area contributed by atoms with E-state index in [1.165, 1.54) is 31.4 Å². The van der Waals surface area contributed by atoms with Crippen LogP contribution in [0.4, 0.5) is 13.2 Å². The Balaban J connectivity index is 2.65. The van der Waals surface area contributed by atoms with Gasteiger partial charge in [-0.3, -0.25) is 0 Å². The van der Waals surface area contributed by atoms with Gasteiger partial charge in [-0.25, -0.2) is 0 Å². The molecule has 0 fully saturated rings. The highest BCUT2D eigenvalue weighted by Crippen LogP contribution is 2.25. The summed E-state index contributed by atoms with van der Waals surface area (Å²) >= 11 is 0. The van der Waals surface area contributed by atoms with E-state index < -0.39 is 6.36 Å². The summed E-state index contributed by atoms with van der Waals surface area (Å²) in [5.41, 5.74) is 0.744. The second-order valence-corrected chi connectivity index (χ2v) is 3.70. The standard InChI is InChI=1S/C12H15F3O3/c1-8(17-9(2)16-3)10-4-6-11(7-5-10)18-12(13,14)15/h4-9H,1-3H3. The largest absolute Gasteiger partial charge is 0.573 e. The van der Waals surface area contributed by atoms with Gasteiger partial charge in [0.2, 0.25) is 0 Å². The lowest BCUT2D eigenvalue weighted by Crippen LogP contribution is -2.17. The molecule has 18 heavy (non-hydrogen) atoms. The van der Waals surface area contributed by atoms with E-state index >= 15 is 0 Å². The first-order valence-electron chi connectivity index (χ1n) is 5.36. The molecule has 0 amide bonds. The third-order valence-corrected chi connectivity index (χ3v) is 2.31. The molecule has 0 aliphatic rings. The molecule has 2 atom stereocenters. The number of ether oxygens (including phenoxy) is 3. The molecule has 0 radical (unpaired) electrons. The molecule has 2 unspecified atom stereocenters. The average Bonchev–Trinajstić information content (AvgIpc) is 2.27. The number of alkyl halides is 3. The van der Waals surface area contributed by atoms with Crippen LogP contribution in [0.15, 0.2) is 24.3 Å². The Kier molecular flexibility index (Phi) is 4.98. The van der Waals surface area contributed by atoms with E-state index in [2.05, 4.69) is 4.74 Å². The van der Waals surface area contributed by atoms with Crippen molar-refractivity contribution in [2.24, 2.45) is 0 Å². The fraction of sp³-hybridized carbons (Fsp3) is 0.500. The molecule has 0 spiro atoms. The third-order valence-electron chi connectivity index (χ3n) is 2.31. The van der Waals surface area contributed by atoms with Gasteiger partial charge >= 0.3 is 6.36 Å². The zero-order valence-electron chi connectivity index (χ0n) is 10.3. The summed E-state index contributed by atoms with van der Waals surface area (Å²) in [6, 6.07) is 5.54. The topological polar surface area (TPSA) is 27.7 Å². The molecule has 1 rings (SSSR count). The van der Waals surface area contributed by atoms with E-state index in [0.29, 0.717) is 0 Å². The molecule has 1 aromatic rings. The Labute approximate surface area is 103 Å². The summed E-state index contributed by atoms with van der Waals surface area (Å²) in [4.78, 5) is 0. The smallest absolute Gasteiger partial charge is 0.406 e.